The number of alkyl halides is 3. The van der Waals surface area contributed by atoms with Gasteiger partial charge in [0.05, 0.1) is 23.2 Å². The molecule has 1 heterocycles. The third kappa shape index (κ3) is 7.57. The Morgan fingerprint density at radius 3 is 2.44 bits per heavy atom. The predicted octanol–water partition coefficient (Wildman–Crippen LogP) is 6.54. The van der Waals surface area contributed by atoms with Gasteiger partial charge in [-0.2, -0.15) is 13.2 Å². The molecule has 0 aliphatic rings. The number of likely N-dealkylation sites (N-methyl/N-ethyl adjacent to an activating group) is 1. The first kappa shape index (κ1) is 28.9. The van der Waals surface area contributed by atoms with Gasteiger partial charge in [-0.1, -0.05) is 25.6 Å². The zero-order valence-electron chi connectivity index (χ0n) is 21.6. The zero-order valence-corrected chi connectivity index (χ0v) is 21.6. The third-order valence-corrected chi connectivity index (χ3v) is 5.72. The van der Waals surface area contributed by atoms with Gasteiger partial charge in [-0.25, -0.2) is 4.98 Å². The normalized spacial score (nSPS) is 13.6. The quantitative estimate of drug-likeness (QED) is 0.209. The molecule has 0 spiro atoms. The molecular formula is C27H34F3N3O3. The number of carbonyl (C=O) groups excluding carboxylic acids is 1. The molecule has 1 amide bonds. The number of amides is 1. The molecule has 2 rings (SSSR count). The maximum absolute atomic E-state index is 13.6. The second kappa shape index (κ2) is 12.6. The molecule has 0 radical (unpaired) electrons. The van der Waals surface area contributed by atoms with Gasteiger partial charge in [0.25, 0.3) is 5.91 Å². The van der Waals surface area contributed by atoms with E-state index in [0.717, 1.165) is 30.3 Å². The van der Waals surface area contributed by atoms with Crippen LogP contribution in [-0.4, -0.2) is 46.9 Å². The fraction of sp³-hybridized carbons (Fsp3) is 0.444. The average molecular weight is 506 g/mol. The standard InChI is InChI=1S/C27H34F3N3O3/c1-8-18(4)32-21(7)36-20(6)25-17(3)11-10-12-23(25)26(34)33(9-2)19(5)16-35-24-14-13-22(15-31-24)27(28,29)30/h10-15,18-19H,6,8-9,16H2,1-5,7H3. The van der Waals surface area contributed by atoms with Crippen LogP contribution in [0, 0.1) is 6.92 Å². The van der Waals surface area contributed by atoms with Gasteiger partial charge in [0.15, 0.2) is 5.90 Å². The van der Waals surface area contributed by atoms with E-state index in [1.165, 1.54) is 0 Å². The average Bonchev–Trinajstić information content (AvgIpc) is 2.82. The molecule has 196 valence electrons. The van der Waals surface area contributed by atoms with Crippen molar-refractivity contribution >= 4 is 17.6 Å². The SMILES string of the molecule is C=C(OC(C)=NC(C)CC)c1c(C)cccc1C(=O)N(CC)C(C)COc1ccc(C(F)(F)F)cn1. The minimum Gasteiger partial charge on any atom is -0.475 e. The highest BCUT2D eigenvalue weighted by Crippen LogP contribution is 2.29. The van der Waals surface area contributed by atoms with Crippen molar-refractivity contribution in [2.24, 2.45) is 4.99 Å². The van der Waals surface area contributed by atoms with Gasteiger partial charge >= 0.3 is 6.18 Å². The first-order chi connectivity index (χ1) is 16.9. The van der Waals surface area contributed by atoms with Crippen LogP contribution < -0.4 is 4.74 Å². The third-order valence-electron chi connectivity index (χ3n) is 5.72. The number of ether oxygens (including phenoxy) is 2. The van der Waals surface area contributed by atoms with E-state index in [9.17, 15) is 18.0 Å². The molecule has 36 heavy (non-hydrogen) atoms. The minimum atomic E-state index is -4.47. The molecule has 2 unspecified atom stereocenters. The summed E-state index contributed by atoms with van der Waals surface area (Å²) in [5, 5.41) is 0. The lowest BCUT2D eigenvalue weighted by Crippen LogP contribution is -2.42. The fourth-order valence-corrected chi connectivity index (χ4v) is 3.61. The molecular weight excluding hydrogens is 471 g/mol. The van der Waals surface area contributed by atoms with Gasteiger partial charge in [0.2, 0.25) is 5.88 Å². The first-order valence-electron chi connectivity index (χ1n) is 11.9. The summed E-state index contributed by atoms with van der Waals surface area (Å²) >= 11 is 0. The lowest BCUT2D eigenvalue weighted by Gasteiger charge is -2.29. The van der Waals surface area contributed by atoms with E-state index in [-0.39, 0.29) is 30.5 Å². The van der Waals surface area contributed by atoms with Gasteiger partial charge in [-0.15, -0.1) is 0 Å². The van der Waals surface area contributed by atoms with Crippen LogP contribution in [0.15, 0.2) is 48.1 Å². The van der Waals surface area contributed by atoms with Crippen LogP contribution in [0.2, 0.25) is 0 Å². The molecule has 0 fully saturated rings. The molecule has 6 nitrogen and oxygen atoms in total. The number of rotatable bonds is 10. The van der Waals surface area contributed by atoms with Gasteiger partial charge < -0.3 is 14.4 Å². The number of halogens is 3. The smallest absolute Gasteiger partial charge is 0.417 e. The second-order valence-electron chi connectivity index (χ2n) is 8.56. The monoisotopic (exact) mass is 505 g/mol. The lowest BCUT2D eigenvalue weighted by atomic mass is 9.99. The van der Waals surface area contributed by atoms with Crippen molar-refractivity contribution in [2.45, 2.75) is 66.2 Å². The van der Waals surface area contributed by atoms with Crippen molar-refractivity contribution in [3.05, 3.63) is 65.4 Å². The summed E-state index contributed by atoms with van der Waals surface area (Å²) in [6.07, 6.45) is -2.88. The summed E-state index contributed by atoms with van der Waals surface area (Å²) in [4.78, 5) is 23.4. The Kier molecular flexibility index (Phi) is 10.1. The maximum Gasteiger partial charge on any atom is 0.417 e. The maximum atomic E-state index is 13.6. The van der Waals surface area contributed by atoms with Crippen molar-refractivity contribution in [1.29, 1.82) is 0 Å². The van der Waals surface area contributed by atoms with Crippen molar-refractivity contribution in [3.63, 3.8) is 0 Å². The summed E-state index contributed by atoms with van der Waals surface area (Å²) in [5.74, 6) is 0.602. The number of carbonyl (C=O) groups is 1. The number of pyridine rings is 1. The Labute approximate surface area is 210 Å². The number of aryl methyl sites for hydroxylation is 1. The van der Waals surface area contributed by atoms with Crippen LogP contribution in [0.5, 0.6) is 5.88 Å². The lowest BCUT2D eigenvalue weighted by molar-refractivity contribution is -0.137. The number of hydrogen-bond donors (Lipinski definition) is 0. The highest BCUT2D eigenvalue weighted by atomic mass is 19.4. The van der Waals surface area contributed by atoms with Crippen LogP contribution in [0.25, 0.3) is 5.76 Å². The van der Waals surface area contributed by atoms with Crippen LogP contribution in [0.3, 0.4) is 0 Å². The van der Waals surface area contributed by atoms with Crippen molar-refractivity contribution in [3.8, 4) is 5.88 Å². The number of nitrogens with zero attached hydrogens (tertiary/aromatic N) is 3. The number of hydrogen-bond acceptors (Lipinski definition) is 5. The van der Waals surface area contributed by atoms with E-state index in [1.807, 2.05) is 33.8 Å². The van der Waals surface area contributed by atoms with E-state index in [1.54, 1.807) is 30.9 Å². The molecule has 9 heteroatoms. The molecule has 2 aromatic rings. The van der Waals surface area contributed by atoms with E-state index in [2.05, 4.69) is 16.6 Å². The second-order valence-corrected chi connectivity index (χ2v) is 8.56. The van der Waals surface area contributed by atoms with E-state index in [0.29, 0.717) is 29.3 Å². The number of aliphatic imine (C=N–C) groups is 1. The van der Waals surface area contributed by atoms with Crippen LogP contribution >= 0.6 is 0 Å². The van der Waals surface area contributed by atoms with E-state index < -0.39 is 11.7 Å². The Morgan fingerprint density at radius 1 is 1.19 bits per heavy atom. The Balaban J connectivity index is 2.20. The zero-order chi connectivity index (χ0) is 27.0. The van der Waals surface area contributed by atoms with Crippen molar-refractivity contribution < 1.29 is 27.4 Å². The van der Waals surface area contributed by atoms with E-state index in [4.69, 9.17) is 9.47 Å². The highest BCUT2D eigenvalue weighted by Gasteiger charge is 2.31. The van der Waals surface area contributed by atoms with E-state index >= 15 is 0 Å². The van der Waals surface area contributed by atoms with Crippen molar-refractivity contribution in [1.82, 2.24) is 9.88 Å². The minimum absolute atomic E-state index is 0.0486. The molecule has 2 atom stereocenters. The summed E-state index contributed by atoms with van der Waals surface area (Å²) in [6, 6.07) is 7.17. The topological polar surface area (TPSA) is 64.0 Å². The number of aromatic nitrogens is 1. The summed E-state index contributed by atoms with van der Waals surface area (Å²) < 4.78 is 49.7. The molecule has 0 aliphatic carbocycles. The molecule has 0 N–H and O–H groups in total. The highest BCUT2D eigenvalue weighted by molar-refractivity contribution is 6.00. The Bertz CT molecular complexity index is 1080. The molecule has 0 saturated heterocycles. The van der Waals surface area contributed by atoms with Crippen molar-refractivity contribution in [2.75, 3.05) is 13.2 Å². The fourth-order valence-electron chi connectivity index (χ4n) is 3.61. The molecule has 1 aromatic carbocycles. The van der Waals surface area contributed by atoms with Gasteiger partial charge in [0.1, 0.15) is 12.4 Å². The van der Waals surface area contributed by atoms with Gasteiger partial charge in [0, 0.05) is 31.3 Å². The number of benzene rings is 1. The van der Waals surface area contributed by atoms with Crippen LogP contribution in [0.4, 0.5) is 13.2 Å². The van der Waals surface area contributed by atoms with Gasteiger partial charge in [-0.05, 0) is 51.8 Å². The Hall–Kier alpha value is -3.36. The predicted molar refractivity (Wildman–Crippen MR) is 135 cm³/mol. The summed E-state index contributed by atoms with van der Waals surface area (Å²) in [5.41, 5.74) is 0.998. The molecule has 0 aliphatic heterocycles. The largest absolute Gasteiger partial charge is 0.475 e. The summed E-state index contributed by atoms with van der Waals surface area (Å²) in [6.45, 7) is 15.8. The van der Waals surface area contributed by atoms with Crippen LogP contribution in [-0.2, 0) is 10.9 Å². The summed E-state index contributed by atoms with van der Waals surface area (Å²) in [7, 11) is 0. The molecule has 0 saturated carbocycles. The Morgan fingerprint density at radius 2 is 1.89 bits per heavy atom. The molecule has 0 bridgehead atoms. The van der Waals surface area contributed by atoms with Gasteiger partial charge in [-0.3, -0.25) is 9.79 Å². The molecule has 1 aromatic heterocycles. The van der Waals surface area contributed by atoms with Crippen LogP contribution in [0.1, 0.15) is 68.1 Å². The first-order valence-corrected chi connectivity index (χ1v) is 11.9.